The summed E-state index contributed by atoms with van der Waals surface area (Å²) >= 11 is 0. The monoisotopic (exact) mass is 392 g/mol. The molecule has 1 unspecified atom stereocenters. The van der Waals surface area contributed by atoms with Gasteiger partial charge in [0, 0.05) is 38.2 Å². The second kappa shape index (κ2) is 7.78. The Morgan fingerprint density at radius 3 is 2.50 bits per heavy atom. The number of hydrogen-bond acceptors (Lipinski definition) is 3. The third-order valence-electron chi connectivity index (χ3n) is 6.69. The number of amides is 2. The fourth-order valence-electron chi connectivity index (χ4n) is 4.86. The molecule has 2 aliphatic heterocycles. The van der Waals surface area contributed by atoms with E-state index >= 15 is 0 Å². The molecule has 28 heavy (non-hydrogen) atoms. The van der Waals surface area contributed by atoms with E-state index < -0.39 is 11.6 Å². The van der Waals surface area contributed by atoms with Gasteiger partial charge in [0.05, 0.1) is 13.2 Å². The number of likely N-dealkylation sites (tertiary alicyclic amines) is 1. The van der Waals surface area contributed by atoms with E-state index in [-0.39, 0.29) is 28.7 Å². The van der Waals surface area contributed by atoms with Gasteiger partial charge in [-0.05, 0) is 48.8 Å². The highest BCUT2D eigenvalue weighted by Crippen LogP contribution is 2.53. The normalized spacial score (nSPS) is 23.7. The van der Waals surface area contributed by atoms with E-state index in [4.69, 9.17) is 4.74 Å². The zero-order valence-corrected chi connectivity index (χ0v) is 16.0. The van der Waals surface area contributed by atoms with Crippen LogP contribution in [0.5, 0.6) is 0 Å². The molecule has 1 spiro atoms. The molecule has 3 aliphatic rings. The average molecular weight is 392 g/mol. The van der Waals surface area contributed by atoms with Crippen LogP contribution in [0.4, 0.5) is 8.78 Å². The van der Waals surface area contributed by atoms with Crippen LogP contribution in [0.2, 0.25) is 0 Å². The second-order valence-corrected chi connectivity index (χ2v) is 8.26. The largest absolute Gasteiger partial charge is 0.378 e. The Morgan fingerprint density at radius 2 is 1.86 bits per heavy atom. The van der Waals surface area contributed by atoms with Crippen LogP contribution in [0, 0.1) is 23.0 Å². The van der Waals surface area contributed by atoms with Gasteiger partial charge < -0.3 is 14.5 Å². The lowest BCUT2D eigenvalue weighted by Crippen LogP contribution is -2.42. The minimum atomic E-state index is -1.00. The van der Waals surface area contributed by atoms with Gasteiger partial charge in [-0.1, -0.05) is 6.42 Å². The van der Waals surface area contributed by atoms with Gasteiger partial charge in [0.2, 0.25) is 5.91 Å². The van der Waals surface area contributed by atoms with Crippen LogP contribution in [0.3, 0.4) is 0 Å². The Hall–Kier alpha value is -2.02. The first-order valence-corrected chi connectivity index (χ1v) is 10.1. The number of rotatable bonds is 4. The molecule has 3 fully saturated rings. The molecule has 1 aromatic carbocycles. The number of carbonyl (C=O) groups is 2. The average Bonchev–Trinajstić information content (AvgIpc) is 3.08. The fraction of sp³-hybridized carbons (Fsp3) is 0.619. The van der Waals surface area contributed by atoms with Crippen molar-refractivity contribution in [3.63, 3.8) is 0 Å². The molecule has 152 valence electrons. The number of morpholine rings is 1. The molecule has 2 saturated heterocycles. The van der Waals surface area contributed by atoms with Gasteiger partial charge in [0.25, 0.3) is 5.91 Å². The molecule has 5 nitrogen and oxygen atoms in total. The Balaban J connectivity index is 1.40. The van der Waals surface area contributed by atoms with E-state index in [1.807, 2.05) is 4.90 Å². The molecule has 1 aromatic rings. The highest BCUT2D eigenvalue weighted by atomic mass is 19.2. The van der Waals surface area contributed by atoms with Gasteiger partial charge in [-0.2, -0.15) is 0 Å². The van der Waals surface area contributed by atoms with Gasteiger partial charge in [0.15, 0.2) is 11.6 Å². The smallest absolute Gasteiger partial charge is 0.253 e. The molecule has 0 N–H and O–H groups in total. The summed E-state index contributed by atoms with van der Waals surface area (Å²) in [4.78, 5) is 28.9. The van der Waals surface area contributed by atoms with Crippen LogP contribution in [-0.2, 0) is 9.53 Å². The van der Waals surface area contributed by atoms with Crippen molar-refractivity contribution in [2.75, 3.05) is 39.4 Å². The number of ether oxygens (including phenoxy) is 1. The minimum absolute atomic E-state index is 0.0829. The van der Waals surface area contributed by atoms with Crippen LogP contribution >= 0.6 is 0 Å². The number of halogens is 2. The van der Waals surface area contributed by atoms with Crippen LogP contribution in [0.15, 0.2) is 18.2 Å². The molecule has 1 atom stereocenters. The molecule has 4 rings (SSSR count). The number of nitrogens with zero attached hydrogens (tertiary/aromatic N) is 2. The van der Waals surface area contributed by atoms with Crippen LogP contribution in [-0.4, -0.2) is 61.0 Å². The number of hydrogen-bond donors (Lipinski definition) is 0. The molecular weight excluding hydrogens is 366 g/mol. The summed E-state index contributed by atoms with van der Waals surface area (Å²) in [6, 6.07) is 3.31. The molecule has 1 aliphatic carbocycles. The fourth-order valence-corrected chi connectivity index (χ4v) is 4.86. The SMILES string of the molecule is O=C(CCC1CN(C(=O)c2ccc(F)c(F)c2)CC12CCC2)N1CCOCC1. The number of carbonyl (C=O) groups excluding carboxylic acids is 2. The maximum Gasteiger partial charge on any atom is 0.253 e. The minimum Gasteiger partial charge on any atom is -0.378 e. The van der Waals surface area contributed by atoms with Crippen molar-refractivity contribution >= 4 is 11.8 Å². The molecule has 2 heterocycles. The summed E-state index contributed by atoms with van der Waals surface area (Å²) in [7, 11) is 0. The van der Waals surface area contributed by atoms with Crippen molar-refractivity contribution in [3.8, 4) is 0 Å². The van der Waals surface area contributed by atoms with Crippen molar-refractivity contribution in [3.05, 3.63) is 35.4 Å². The predicted octanol–water partition coefficient (Wildman–Crippen LogP) is 2.85. The molecular formula is C21H26F2N2O3. The van der Waals surface area contributed by atoms with E-state index in [9.17, 15) is 18.4 Å². The zero-order valence-electron chi connectivity index (χ0n) is 16.0. The maximum atomic E-state index is 13.5. The highest BCUT2D eigenvalue weighted by Gasteiger charge is 2.51. The predicted molar refractivity (Wildman–Crippen MR) is 98.7 cm³/mol. The first kappa shape index (κ1) is 19.3. The Labute approximate surface area is 163 Å². The summed E-state index contributed by atoms with van der Waals surface area (Å²) < 4.78 is 32.0. The summed E-state index contributed by atoms with van der Waals surface area (Å²) in [5, 5.41) is 0. The van der Waals surface area contributed by atoms with Gasteiger partial charge in [0.1, 0.15) is 0 Å². The second-order valence-electron chi connectivity index (χ2n) is 8.26. The molecule has 0 bridgehead atoms. The third-order valence-corrected chi connectivity index (χ3v) is 6.69. The lowest BCUT2D eigenvalue weighted by atomic mass is 9.62. The number of benzene rings is 1. The standard InChI is InChI=1S/C21H26F2N2O3/c22-17-4-2-15(12-18(17)23)20(27)25-13-16(21(14-25)6-1-7-21)3-5-19(26)24-8-10-28-11-9-24/h2,4,12,16H,1,3,5-11,13-14H2. The molecule has 7 heteroatoms. The summed E-state index contributed by atoms with van der Waals surface area (Å²) in [6.45, 7) is 3.70. The van der Waals surface area contributed by atoms with Crippen LogP contribution in [0.1, 0.15) is 42.5 Å². The van der Waals surface area contributed by atoms with Crippen LogP contribution in [0.25, 0.3) is 0 Å². The van der Waals surface area contributed by atoms with E-state index in [2.05, 4.69) is 0 Å². The lowest BCUT2D eigenvalue weighted by molar-refractivity contribution is -0.135. The van der Waals surface area contributed by atoms with Crippen molar-refractivity contribution in [1.29, 1.82) is 0 Å². The quantitative estimate of drug-likeness (QED) is 0.792. The topological polar surface area (TPSA) is 49.9 Å². The summed E-state index contributed by atoms with van der Waals surface area (Å²) in [5.74, 6) is -1.78. The van der Waals surface area contributed by atoms with Gasteiger partial charge in [-0.15, -0.1) is 0 Å². The summed E-state index contributed by atoms with van der Waals surface area (Å²) in [6.07, 6.45) is 4.51. The summed E-state index contributed by atoms with van der Waals surface area (Å²) in [5.41, 5.74) is 0.262. The molecule has 1 saturated carbocycles. The Bertz CT molecular complexity index is 760. The van der Waals surface area contributed by atoms with E-state index in [1.54, 1.807) is 4.90 Å². The van der Waals surface area contributed by atoms with Crippen LogP contribution < -0.4 is 0 Å². The van der Waals surface area contributed by atoms with Gasteiger partial charge in [-0.3, -0.25) is 9.59 Å². The van der Waals surface area contributed by atoms with Gasteiger partial charge in [-0.25, -0.2) is 8.78 Å². The van der Waals surface area contributed by atoms with Crippen molar-refractivity contribution < 1.29 is 23.1 Å². The highest BCUT2D eigenvalue weighted by molar-refractivity contribution is 5.94. The Kier molecular flexibility index (Phi) is 5.36. The van der Waals surface area contributed by atoms with E-state index in [0.717, 1.165) is 37.8 Å². The molecule has 2 amide bonds. The third kappa shape index (κ3) is 3.64. The molecule has 0 aromatic heterocycles. The van der Waals surface area contributed by atoms with Gasteiger partial charge >= 0.3 is 0 Å². The zero-order chi connectivity index (χ0) is 19.7. The van der Waals surface area contributed by atoms with E-state index in [1.165, 1.54) is 6.07 Å². The van der Waals surface area contributed by atoms with Crippen molar-refractivity contribution in [1.82, 2.24) is 9.80 Å². The van der Waals surface area contributed by atoms with Crippen molar-refractivity contribution in [2.45, 2.75) is 32.1 Å². The Morgan fingerprint density at radius 1 is 1.11 bits per heavy atom. The first-order valence-electron chi connectivity index (χ1n) is 10.1. The molecule has 0 radical (unpaired) electrons. The van der Waals surface area contributed by atoms with E-state index in [0.29, 0.717) is 45.8 Å². The van der Waals surface area contributed by atoms with Crippen molar-refractivity contribution in [2.24, 2.45) is 11.3 Å². The maximum absolute atomic E-state index is 13.5. The lowest BCUT2D eigenvalue weighted by Gasteiger charge is -2.43. The first-order chi connectivity index (χ1) is 13.5.